The summed E-state index contributed by atoms with van der Waals surface area (Å²) in [5.41, 5.74) is -2.22. The van der Waals surface area contributed by atoms with Crippen LogP contribution in [0.15, 0.2) is 54.6 Å². The molecule has 0 aliphatic carbocycles. The molecular weight excluding hydrogens is 425 g/mol. The Balaban J connectivity index is 1.68. The van der Waals surface area contributed by atoms with Gasteiger partial charge in [-0.2, -0.15) is 13.2 Å². The smallest absolute Gasteiger partial charge is 0.373 e. The van der Waals surface area contributed by atoms with Gasteiger partial charge in [-0.3, -0.25) is 14.4 Å². The fourth-order valence-electron chi connectivity index (χ4n) is 3.56. The topological polar surface area (TPSA) is 77.9 Å². The maximum absolute atomic E-state index is 13.0. The van der Waals surface area contributed by atoms with Crippen LogP contribution in [0, 0.1) is 0 Å². The summed E-state index contributed by atoms with van der Waals surface area (Å²) < 4.78 is 38.9. The minimum absolute atomic E-state index is 0.0182. The molecule has 3 rings (SSSR count). The summed E-state index contributed by atoms with van der Waals surface area (Å²) in [7, 11) is 0. The molecule has 1 aliphatic heterocycles. The van der Waals surface area contributed by atoms with Crippen LogP contribution in [0.5, 0.6) is 0 Å². The third kappa shape index (κ3) is 4.52. The van der Waals surface area contributed by atoms with Crippen LogP contribution in [0.4, 0.5) is 13.2 Å². The molecule has 0 aromatic heterocycles. The van der Waals surface area contributed by atoms with Gasteiger partial charge in [0.05, 0.1) is 0 Å². The number of carbonyl (C=O) groups excluding carboxylic acids is 3. The summed E-state index contributed by atoms with van der Waals surface area (Å²) in [6.45, 7) is 1.79. The Bertz CT molecular complexity index is 1000. The minimum atomic E-state index is -5.10. The monoisotopic (exact) mass is 448 g/mol. The predicted molar refractivity (Wildman–Crippen MR) is 110 cm³/mol. The molecule has 0 radical (unpaired) electrons. The van der Waals surface area contributed by atoms with E-state index in [2.05, 4.69) is 0 Å². The molecular formula is C23H23F3N2O4. The third-order valence-electron chi connectivity index (χ3n) is 5.57. The van der Waals surface area contributed by atoms with Crippen LogP contribution < -0.4 is 0 Å². The van der Waals surface area contributed by atoms with Crippen LogP contribution in [0.1, 0.15) is 40.1 Å². The molecule has 0 saturated carbocycles. The van der Waals surface area contributed by atoms with Crippen LogP contribution >= 0.6 is 0 Å². The van der Waals surface area contributed by atoms with Crippen molar-refractivity contribution in [1.29, 1.82) is 0 Å². The number of piperazine rings is 1. The highest BCUT2D eigenvalue weighted by molar-refractivity contribution is 6.09. The molecule has 0 bridgehead atoms. The second-order valence-corrected chi connectivity index (χ2v) is 7.94. The summed E-state index contributed by atoms with van der Waals surface area (Å²) in [5, 5.41) is 9.64. The van der Waals surface area contributed by atoms with Gasteiger partial charge in [0.2, 0.25) is 5.60 Å². The van der Waals surface area contributed by atoms with E-state index in [1.165, 1.54) is 17.0 Å². The van der Waals surface area contributed by atoms with Gasteiger partial charge in [-0.05, 0) is 26.0 Å². The van der Waals surface area contributed by atoms with Gasteiger partial charge in [0, 0.05) is 42.4 Å². The third-order valence-corrected chi connectivity index (χ3v) is 5.57. The average molecular weight is 448 g/mol. The van der Waals surface area contributed by atoms with Crippen molar-refractivity contribution in [3.8, 4) is 0 Å². The molecule has 6 nitrogen and oxygen atoms in total. The van der Waals surface area contributed by atoms with Crippen molar-refractivity contribution in [2.75, 3.05) is 19.6 Å². The molecule has 1 saturated heterocycles. The highest BCUT2D eigenvalue weighted by atomic mass is 19.4. The number of halogens is 3. The van der Waals surface area contributed by atoms with Crippen LogP contribution in [0.2, 0.25) is 0 Å². The van der Waals surface area contributed by atoms with Gasteiger partial charge in [-0.15, -0.1) is 0 Å². The summed E-state index contributed by atoms with van der Waals surface area (Å²) in [5.74, 6) is -1.97. The zero-order valence-electron chi connectivity index (χ0n) is 17.6. The first-order chi connectivity index (χ1) is 14.9. The molecule has 1 aliphatic rings. The predicted octanol–water partition coefficient (Wildman–Crippen LogP) is 2.90. The second kappa shape index (κ2) is 8.74. The molecule has 2 atom stereocenters. The maximum atomic E-state index is 13.0. The number of nitrogens with zero attached hydrogens (tertiary/aromatic N) is 2. The Morgan fingerprint density at radius 3 is 1.97 bits per heavy atom. The van der Waals surface area contributed by atoms with E-state index >= 15 is 0 Å². The van der Waals surface area contributed by atoms with Gasteiger partial charge in [-0.1, -0.05) is 42.5 Å². The molecule has 1 heterocycles. The van der Waals surface area contributed by atoms with Gasteiger partial charge in [0.1, 0.15) is 0 Å². The Morgan fingerprint density at radius 1 is 0.906 bits per heavy atom. The van der Waals surface area contributed by atoms with E-state index < -0.39 is 23.7 Å². The van der Waals surface area contributed by atoms with Crippen LogP contribution in [0.3, 0.4) is 0 Å². The number of carbonyl (C=O) groups is 3. The SMILES string of the molecule is C[C@@H]1CN(C(=O)[C@@](C)(O)C(F)(F)F)CCN1C(=O)c1ccc(C(=O)c2ccccc2)cc1. The number of amides is 2. The molecule has 1 fully saturated rings. The number of benzene rings is 2. The van der Waals surface area contributed by atoms with Crippen LogP contribution in [-0.4, -0.2) is 70.0 Å². The van der Waals surface area contributed by atoms with Gasteiger partial charge in [-0.25, -0.2) is 0 Å². The van der Waals surface area contributed by atoms with E-state index in [1.807, 2.05) is 0 Å². The zero-order valence-corrected chi connectivity index (χ0v) is 17.6. The van der Waals surface area contributed by atoms with E-state index in [9.17, 15) is 32.7 Å². The lowest BCUT2D eigenvalue weighted by atomic mass is 10.0. The number of hydrogen-bond acceptors (Lipinski definition) is 4. The molecule has 0 spiro atoms. The van der Waals surface area contributed by atoms with E-state index in [-0.39, 0.29) is 31.3 Å². The van der Waals surface area contributed by atoms with Gasteiger partial charge < -0.3 is 14.9 Å². The normalized spacial score (nSPS) is 18.8. The number of aliphatic hydroxyl groups is 1. The Kier molecular flexibility index (Phi) is 6.41. The summed E-state index contributed by atoms with van der Waals surface area (Å²) in [4.78, 5) is 40.0. The Morgan fingerprint density at radius 2 is 1.44 bits per heavy atom. The lowest BCUT2D eigenvalue weighted by Crippen LogP contribution is -2.62. The molecule has 170 valence electrons. The molecule has 0 unspecified atom stereocenters. The lowest BCUT2D eigenvalue weighted by molar-refractivity contribution is -0.250. The highest BCUT2D eigenvalue weighted by Crippen LogP contribution is 2.32. The number of ketones is 1. The van der Waals surface area contributed by atoms with Gasteiger partial charge >= 0.3 is 6.18 Å². The van der Waals surface area contributed by atoms with Crippen molar-refractivity contribution in [2.24, 2.45) is 0 Å². The van der Waals surface area contributed by atoms with Crippen molar-refractivity contribution in [1.82, 2.24) is 9.80 Å². The second-order valence-electron chi connectivity index (χ2n) is 7.94. The van der Waals surface area contributed by atoms with Crippen molar-refractivity contribution in [3.05, 3.63) is 71.3 Å². The van der Waals surface area contributed by atoms with Crippen LogP contribution in [0.25, 0.3) is 0 Å². The first-order valence-corrected chi connectivity index (χ1v) is 10.0. The quantitative estimate of drug-likeness (QED) is 0.730. The molecule has 2 aromatic rings. The Hall–Kier alpha value is -3.20. The molecule has 9 heteroatoms. The van der Waals surface area contributed by atoms with Crippen molar-refractivity contribution >= 4 is 17.6 Å². The van der Waals surface area contributed by atoms with Gasteiger partial charge in [0.25, 0.3) is 11.8 Å². The largest absolute Gasteiger partial charge is 0.426 e. The first kappa shape index (κ1) is 23.5. The van der Waals surface area contributed by atoms with Crippen molar-refractivity contribution in [2.45, 2.75) is 31.7 Å². The molecule has 1 N–H and O–H groups in total. The summed E-state index contributed by atoms with van der Waals surface area (Å²) in [6, 6.07) is 14.3. The standard InChI is InChI=1S/C23H23F3N2O4/c1-15-14-27(21(31)22(2,32)23(24,25)26)12-13-28(15)20(30)18-10-8-17(9-11-18)19(29)16-6-4-3-5-7-16/h3-11,15,32H,12-14H2,1-2H3/t15-,22-/m1/s1. The van der Waals surface area contributed by atoms with E-state index in [0.29, 0.717) is 23.6 Å². The fraction of sp³-hybridized carbons (Fsp3) is 0.348. The van der Waals surface area contributed by atoms with Crippen molar-refractivity contribution in [3.63, 3.8) is 0 Å². The van der Waals surface area contributed by atoms with Crippen molar-refractivity contribution < 1.29 is 32.7 Å². The summed E-state index contributed by atoms with van der Waals surface area (Å²) >= 11 is 0. The Labute approximate surface area is 183 Å². The highest BCUT2D eigenvalue weighted by Gasteiger charge is 2.57. The molecule has 32 heavy (non-hydrogen) atoms. The minimum Gasteiger partial charge on any atom is -0.373 e. The van der Waals surface area contributed by atoms with Crippen LogP contribution in [-0.2, 0) is 4.79 Å². The maximum Gasteiger partial charge on any atom is 0.426 e. The van der Waals surface area contributed by atoms with E-state index in [4.69, 9.17) is 0 Å². The molecule has 2 amide bonds. The summed E-state index contributed by atoms with van der Waals surface area (Å²) in [6.07, 6.45) is -5.10. The number of alkyl halides is 3. The number of rotatable bonds is 4. The van der Waals surface area contributed by atoms with E-state index in [1.54, 1.807) is 49.4 Å². The number of hydrogen-bond donors (Lipinski definition) is 1. The first-order valence-electron chi connectivity index (χ1n) is 10.0. The van der Waals surface area contributed by atoms with E-state index in [0.717, 1.165) is 4.90 Å². The average Bonchev–Trinajstić information content (AvgIpc) is 2.77. The fourth-order valence-corrected chi connectivity index (χ4v) is 3.56. The lowest BCUT2D eigenvalue weighted by Gasteiger charge is -2.42. The zero-order chi connectivity index (χ0) is 23.7. The van der Waals surface area contributed by atoms with Gasteiger partial charge in [0.15, 0.2) is 5.78 Å². The molecule has 2 aromatic carbocycles.